The first-order valence-corrected chi connectivity index (χ1v) is 5.62. The third kappa shape index (κ3) is 2.69. The van der Waals surface area contributed by atoms with E-state index in [9.17, 15) is 9.59 Å². The summed E-state index contributed by atoms with van der Waals surface area (Å²) in [6.07, 6.45) is 2.65. The van der Waals surface area contributed by atoms with Crippen LogP contribution in [0.5, 0.6) is 0 Å². The first-order valence-electron chi connectivity index (χ1n) is 5.62. The minimum atomic E-state index is -0.240. The van der Waals surface area contributed by atoms with E-state index in [4.69, 9.17) is 0 Å². The first-order chi connectivity index (χ1) is 7.75. The van der Waals surface area contributed by atoms with Crippen molar-refractivity contribution in [3.8, 4) is 0 Å². The molecule has 1 N–H and O–H groups in total. The molecule has 1 aliphatic rings. The number of Topliss-reactive ketones (excluding diaryl/α,β-unsaturated/α-hetero) is 1. The molecule has 0 heterocycles. The Hall–Kier alpha value is -1.64. The van der Waals surface area contributed by atoms with E-state index in [-0.39, 0.29) is 17.7 Å². The molecule has 0 aromatic heterocycles. The van der Waals surface area contributed by atoms with Crippen molar-refractivity contribution in [2.45, 2.75) is 31.7 Å². The summed E-state index contributed by atoms with van der Waals surface area (Å²) in [5, 5.41) is 2.79. The lowest BCUT2D eigenvalue weighted by Gasteiger charge is -2.10. The van der Waals surface area contributed by atoms with Gasteiger partial charge < -0.3 is 5.32 Å². The molecule has 2 rings (SSSR count). The summed E-state index contributed by atoms with van der Waals surface area (Å²) >= 11 is 0. The summed E-state index contributed by atoms with van der Waals surface area (Å²) in [5.74, 6) is 0.105. The summed E-state index contributed by atoms with van der Waals surface area (Å²) < 4.78 is 0. The van der Waals surface area contributed by atoms with Crippen LogP contribution >= 0.6 is 0 Å². The maximum atomic E-state index is 11.7. The monoisotopic (exact) mass is 217 g/mol. The number of nitrogens with one attached hydrogen (secondary N) is 1. The van der Waals surface area contributed by atoms with Gasteiger partial charge in [0.15, 0.2) is 5.78 Å². The molecule has 3 heteroatoms. The van der Waals surface area contributed by atoms with Crippen molar-refractivity contribution >= 4 is 11.7 Å². The number of ketones is 1. The molecule has 0 saturated heterocycles. The van der Waals surface area contributed by atoms with Crippen molar-refractivity contribution in [2.75, 3.05) is 0 Å². The summed E-state index contributed by atoms with van der Waals surface area (Å²) in [7, 11) is 0. The average Bonchev–Trinajstić information content (AvgIpc) is 2.66. The maximum Gasteiger partial charge on any atom is 0.224 e. The number of carbonyl (C=O) groups is 2. The van der Waals surface area contributed by atoms with E-state index in [1.165, 1.54) is 0 Å². The Labute approximate surface area is 94.9 Å². The molecule has 0 spiro atoms. The lowest BCUT2D eigenvalue weighted by molar-refractivity contribution is -0.126. The minimum Gasteiger partial charge on any atom is -0.346 e. The highest BCUT2D eigenvalue weighted by Crippen LogP contribution is 2.14. The van der Waals surface area contributed by atoms with Crippen LogP contribution in [0.15, 0.2) is 30.3 Å². The Morgan fingerprint density at radius 3 is 2.69 bits per heavy atom. The molecule has 84 valence electrons. The second-order valence-electron chi connectivity index (χ2n) is 4.14. The van der Waals surface area contributed by atoms with Crippen LogP contribution in [0.25, 0.3) is 0 Å². The zero-order valence-corrected chi connectivity index (χ0v) is 9.11. The predicted octanol–water partition coefficient (Wildman–Crippen LogP) is 1.47. The summed E-state index contributed by atoms with van der Waals surface area (Å²) in [4.78, 5) is 23.0. The number of benzene rings is 1. The van der Waals surface area contributed by atoms with E-state index in [0.29, 0.717) is 12.8 Å². The third-order valence-corrected chi connectivity index (χ3v) is 2.85. The molecule has 3 nitrogen and oxygen atoms in total. The van der Waals surface area contributed by atoms with Crippen LogP contribution in [-0.4, -0.2) is 17.7 Å². The van der Waals surface area contributed by atoms with Gasteiger partial charge in [0.05, 0.1) is 12.5 Å². The van der Waals surface area contributed by atoms with Gasteiger partial charge in [-0.2, -0.15) is 0 Å². The molecule has 0 aliphatic heterocycles. The van der Waals surface area contributed by atoms with Crippen molar-refractivity contribution in [3.05, 3.63) is 35.9 Å². The van der Waals surface area contributed by atoms with Crippen LogP contribution in [0.3, 0.4) is 0 Å². The standard InChI is InChI=1S/C13H15NO2/c15-12-8-4-7-11(12)14-13(16)9-10-5-2-1-3-6-10/h1-3,5-6,11H,4,7-9H2,(H,14,16). The normalized spacial score (nSPS) is 19.8. The van der Waals surface area contributed by atoms with Crippen LogP contribution in [-0.2, 0) is 16.0 Å². The molecule has 0 radical (unpaired) electrons. The number of hydrogen-bond acceptors (Lipinski definition) is 2. The summed E-state index contributed by atoms with van der Waals surface area (Å²) in [6.45, 7) is 0. The second kappa shape index (κ2) is 4.92. The fourth-order valence-electron chi connectivity index (χ4n) is 1.99. The van der Waals surface area contributed by atoms with E-state index < -0.39 is 0 Å². The van der Waals surface area contributed by atoms with Crippen molar-refractivity contribution in [2.24, 2.45) is 0 Å². The summed E-state index contributed by atoms with van der Waals surface area (Å²) in [5.41, 5.74) is 0.977. The van der Waals surface area contributed by atoms with Crippen molar-refractivity contribution in [3.63, 3.8) is 0 Å². The van der Waals surface area contributed by atoms with Gasteiger partial charge >= 0.3 is 0 Å². The maximum absolute atomic E-state index is 11.7. The summed E-state index contributed by atoms with van der Waals surface area (Å²) in [6, 6.07) is 9.32. The van der Waals surface area contributed by atoms with Gasteiger partial charge in [-0.25, -0.2) is 0 Å². The highest BCUT2D eigenvalue weighted by Gasteiger charge is 2.25. The fourth-order valence-corrected chi connectivity index (χ4v) is 1.99. The predicted molar refractivity (Wildman–Crippen MR) is 60.9 cm³/mol. The van der Waals surface area contributed by atoms with E-state index in [1.807, 2.05) is 30.3 Å². The number of carbonyl (C=O) groups excluding carboxylic acids is 2. The van der Waals surface area contributed by atoms with E-state index in [1.54, 1.807) is 0 Å². The van der Waals surface area contributed by atoms with E-state index >= 15 is 0 Å². The zero-order valence-electron chi connectivity index (χ0n) is 9.11. The van der Waals surface area contributed by atoms with Gasteiger partial charge in [0.2, 0.25) is 5.91 Å². The van der Waals surface area contributed by atoms with Crippen LogP contribution in [0.2, 0.25) is 0 Å². The highest BCUT2D eigenvalue weighted by atomic mass is 16.2. The molecule has 1 saturated carbocycles. The lowest BCUT2D eigenvalue weighted by Crippen LogP contribution is -2.38. The third-order valence-electron chi connectivity index (χ3n) is 2.85. The van der Waals surface area contributed by atoms with Crippen molar-refractivity contribution in [1.29, 1.82) is 0 Å². The quantitative estimate of drug-likeness (QED) is 0.833. The van der Waals surface area contributed by atoms with E-state index in [0.717, 1.165) is 18.4 Å². The van der Waals surface area contributed by atoms with Gasteiger partial charge in [0.25, 0.3) is 0 Å². The Balaban J connectivity index is 1.87. The Kier molecular flexibility index (Phi) is 3.34. The molecule has 1 atom stereocenters. The van der Waals surface area contributed by atoms with Crippen molar-refractivity contribution < 1.29 is 9.59 Å². The second-order valence-corrected chi connectivity index (χ2v) is 4.14. The Morgan fingerprint density at radius 2 is 2.06 bits per heavy atom. The van der Waals surface area contributed by atoms with Crippen LogP contribution < -0.4 is 5.32 Å². The van der Waals surface area contributed by atoms with Gasteiger partial charge in [-0.05, 0) is 18.4 Å². The zero-order chi connectivity index (χ0) is 11.4. The smallest absolute Gasteiger partial charge is 0.224 e. The van der Waals surface area contributed by atoms with Gasteiger partial charge in [-0.1, -0.05) is 30.3 Å². The van der Waals surface area contributed by atoms with Gasteiger partial charge in [0, 0.05) is 6.42 Å². The fraction of sp³-hybridized carbons (Fsp3) is 0.385. The molecule has 1 aromatic rings. The van der Waals surface area contributed by atoms with Crippen molar-refractivity contribution in [1.82, 2.24) is 5.32 Å². The molecule has 0 bridgehead atoms. The van der Waals surface area contributed by atoms with Gasteiger partial charge in [0.1, 0.15) is 0 Å². The molecule has 1 aromatic carbocycles. The topological polar surface area (TPSA) is 46.2 Å². The van der Waals surface area contributed by atoms with E-state index in [2.05, 4.69) is 5.32 Å². The van der Waals surface area contributed by atoms with Crippen LogP contribution in [0, 0.1) is 0 Å². The van der Waals surface area contributed by atoms with Gasteiger partial charge in [-0.3, -0.25) is 9.59 Å². The molecule has 16 heavy (non-hydrogen) atoms. The Morgan fingerprint density at radius 1 is 1.31 bits per heavy atom. The number of amides is 1. The molecule has 1 aliphatic carbocycles. The van der Waals surface area contributed by atoms with Crippen LogP contribution in [0.4, 0.5) is 0 Å². The molecular formula is C13H15NO2. The molecule has 1 fully saturated rings. The Bertz CT molecular complexity index is 386. The molecule has 1 amide bonds. The first kappa shape index (κ1) is 10.9. The lowest BCUT2D eigenvalue weighted by atomic mass is 10.1. The number of hydrogen-bond donors (Lipinski definition) is 1. The SMILES string of the molecule is O=C(Cc1ccccc1)NC1CCCC1=O. The molecular weight excluding hydrogens is 202 g/mol. The largest absolute Gasteiger partial charge is 0.346 e. The average molecular weight is 217 g/mol. The highest BCUT2D eigenvalue weighted by molar-refractivity contribution is 5.91. The number of rotatable bonds is 3. The minimum absolute atomic E-state index is 0.0635. The van der Waals surface area contributed by atoms with Gasteiger partial charge in [-0.15, -0.1) is 0 Å². The van der Waals surface area contributed by atoms with Crippen LogP contribution in [0.1, 0.15) is 24.8 Å². The molecule has 1 unspecified atom stereocenters.